The van der Waals surface area contributed by atoms with E-state index >= 15 is 0 Å². The molecule has 1 fully saturated rings. The van der Waals surface area contributed by atoms with E-state index in [1.807, 2.05) is 6.92 Å². The highest BCUT2D eigenvalue weighted by Crippen LogP contribution is 2.60. The maximum Gasteiger partial charge on any atom is 0.481 e. The van der Waals surface area contributed by atoms with Gasteiger partial charge in [-0.1, -0.05) is 113 Å². The second-order valence-corrected chi connectivity index (χ2v) is 21.1. The van der Waals surface area contributed by atoms with E-state index in [2.05, 4.69) is 52.7 Å². The third-order valence-electron chi connectivity index (χ3n) is 11.9. The number of hydrogen-bond donors (Lipinski definition) is 7. The molecule has 0 aliphatic carbocycles. The Morgan fingerprint density at radius 3 is 2.29 bits per heavy atom. The smallest absolute Gasteiger partial charge is 0.462 e. The lowest BCUT2D eigenvalue weighted by Gasteiger charge is -2.39. The van der Waals surface area contributed by atoms with Crippen LogP contribution in [0, 0.1) is 11.8 Å². The third kappa shape index (κ3) is 25.4. The number of aliphatic hydroxyl groups is 4. The summed E-state index contributed by atoms with van der Waals surface area (Å²) in [5.74, 6) is -5.27. The molecule has 3 heterocycles. The predicted molar refractivity (Wildman–Crippen MR) is 271 cm³/mol. The van der Waals surface area contributed by atoms with Crippen LogP contribution in [-0.2, 0) is 51.1 Å². The van der Waals surface area contributed by atoms with E-state index in [1.165, 1.54) is 18.2 Å². The van der Waals surface area contributed by atoms with Crippen molar-refractivity contribution < 1.29 is 81.3 Å². The Kier molecular flexibility index (Phi) is 30.0. The molecular weight excluding hydrogens is 993 g/mol. The molecule has 2 aliphatic heterocycles. The number of fused-ring (bicyclic) bond motifs is 3. The molecule has 412 valence electrons. The average Bonchev–Trinajstić information content (AvgIpc) is 3.33. The SMILES string of the molecule is CC/C=C\C/C=C\C/C=C\CCCCCCCC(=O)O[C@@H]1COC(=O)CCC/C=C\C[C@@H]2[C@H](n3ccc(N)nc3=O)O[C@H](COP(=O)(O)OP(=O)(O)OC1)[C@@H](O)[C@@H](O)[C@@H](/C=C/[C@@H](O)CCCCC)C(=O)C[C@@H]2O. The van der Waals surface area contributed by atoms with Gasteiger partial charge in [0.05, 0.1) is 37.4 Å². The zero-order chi connectivity index (χ0) is 53.7. The van der Waals surface area contributed by atoms with E-state index in [0.717, 1.165) is 75.0 Å². The van der Waals surface area contributed by atoms with Gasteiger partial charge in [0, 0.05) is 31.4 Å². The molecule has 8 N–H and O–H groups in total. The van der Waals surface area contributed by atoms with Crippen molar-refractivity contribution in [3.8, 4) is 0 Å². The van der Waals surface area contributed by atoms with Crippen molar-refractivity contribution >= 4 is 39.2 Å². The fourth-order valence-electron chi connectivity index (χ4n) is 7.90. The number of ether oxygens (including phenoxy) is 3. The molecule has 2 unspecified atom stereocenters. The van der Waals surface area contributed by atoms with E-state index in [0.29, 0.717) is 19.3 Å². The number of phosphoric acid groups is 2. The van der Waals surface area contributed by atoms with E-state index in [4.69, 9.17) is 29.0 Å². The average molecular weight is 1070 g/mol. The lowest BCUT2D eigenvalue weighted by molar-refractivity contribution is -0.186. The monoisotopic (exact) mass is 1070 g/mol. The lowest BCUT2D eigenvalue weighted by Crippen LogP contribution is -2.51. The minimum atomic E-state index is -5.73. The molecule has 73 heavy (non-hydrogen) atoms. The number of carbonyl (C=O) groups is 3. The Morgan fingerprint density at radius 2 is 1.58 bits per heavy atom. The van der Waals surface area contributed by atoms with E-state index < -0.39 is 120 Å². The zero-order valence-corrected chi connectivity index (χ0v) is 43.9. The second-order valence-electron chi connectivity index (χ2n) is 18.1. The van der Waals surface area contributed by atoms with Crippen LogP contribution in [0.5, 0.6) is 0 Å². The summed E-state index contributed by atoms with van der Waals surface area (Å²) in [6, 6.07) is 1.22. The normalized spacial score (nSPS) is 29.9. The largest absolute Gasteiger partial charge is 0.481 e. The van der Waals surface area contributed by atoms with Crippen molar-refractivity contribution in [1.82, 2.24) is 9.55 Å². The van der Waals surface area contributed by atoms with Crippen LogP contribution >= 0.6 is 15.6 Å². The number of aliphatic hydroxyl groups excluding tert-OH is 4. The lowest BCUT2D eigenvalue weighted by atomic mass is 9.83. The summed E-state index contributed by atoms with van der Waals surface area (Å²) < 4.78 is 58.9. The number of cyclic esters (lactones) is 1. The number of carbonyl (C=O) groups excluding carboxylic acids is 3. The van der Waals surface area contributed by atoms with Gasteiger partial charge in [0.25, 0.3) is 0 Å². The number of unbranched alkanes of at least 4 members (excludes halogenated alkanes) is 7. The molecule has 2 bridgehead atoms. The first kappa shape index (κ1) is 63.3. The number of rotatable bonds is 21. The van der Waals surface area contributed by atoms with Gasteiger partial charge in [0.15, 0.2) is 6.10 Å². The van der Waals surface area contributed by atoms with Crippen molar-refractivity contribution in [1.29, 1.82) is 0 Å². The van der Waals surface area contributed by atoms with Gasteiger partial charge in [-0.3, -0.25) is 28.0 Å². The molecule has 1 saturated heterocycles. The molecule has 0 saturated carbocycles. The summed E-state index contributed by atoms with van der Waals surface area (Å²) in [4.78, 5) is 78.1. The van der Waals surface area contributed by atoms with Crippen LogP contribution < -0.4 is 11.4 Å². The summed E-state index contributed by atoms with van der Waals surface area (Å²) in [5.41, 5.74) is 4.74. The van der Waals surface area contributed by atoms with Gasteiger partial charge in [0.1, 0.15) is 36.6 Å². The maximum absolute atomic E-state index is 14.0. The van der Waals surface area contributed by atoms with Gasteiger partial charge in [-0.05, 0) is 70.3 Å². The number of aromatic nitrogens is 2. The quantitative estimate of drug-likeness (QED) is 0.0284. The molecule has 21 nitrogen and oxygen atoms in total. The highest BCUT2D eigenvalue weighted by Gasteiger charge is 2.45. The molecule has 1 aromatic heterocycles. The number of ketones is 1. The van der Waals surface area contributed by atoms with Crippen LogP contribution in [0.1, 0.15) is 142 Å². The Balaban J connectivity index is 1.82. The molecule has 11 atom stereocenters. The van der Waals surface area contributed by atoms with Crippen molar-refractivity contribution in [2.24, 2.45) is 11.8 Å². The van der Waals surface area contributed by atoms with Crippen molar-refractivity contribution in [2.45, 2.75) is 179 Å². The van der Waals surface area contributed by atoms with Crippen LogP contribution in [0.4, 0.5) is 5.82 Å². The number of anilines is 1. The zero-order valence-electron chi connectivity index (χ0n) is 42.1. The maximum atomic E-state index is 14.0. The second kappa shape index (κ2) is 34.6. The highest BCUT2D eigenvalue weighted by atomic mass is 31.3. The topological polar surface area (TPSA) is 323 Å². The van der Waals surface area contributed by atoms with Gasteiger partial charge in [0.2, 0.25) is 0 Å². The minimum absolute atomic E-state index is 0.0262. The summed E-state index contributed by atoms with van der Waals surface area (Å²) in [6.07, 6.45) is 17.6. The third-order valence-corrected chi connectivity index (χ3v) is 14.5. The summed E-state index contributed by atoms with van der Waals surface area (Å²) in [6.45, 7) is 1.29. The Bertz CT molecular complexity index is 2130. The molecule has 0 radical (unpaired) electrons. The van der Waals surface area contributed by atoms with Gasteiger partial charge in [-0.25, -0.2) is 13.9 Å². The standard InChI is InChI=1S/C50H79N3O18P2/c1-3-5-7-8-9-10-11-12-13-14-15-16-17-18-24-28-46(58)69-38-34-66-45(57)27-23-20-19-22-26-40-42(56)33-41(55)39(30-29-37(54)25-21-6-4-2)47(59)48(60)43(36-68-73(64,65)71-72(62,63)67-35-38)70-49(40)53-32-31-44(51)52-50(53)61/h5,7,9-10,12-13,19,22,29-32,37-40,42-43,47-49,54,56,59-60H,3-4,6,8,11,14-18,20-21,23-28,33-36H2,1-2H3,(H,62,63)(H,64,65)(H2,51,52,61)/b7-5-,10-9-,13-12-,22-19-,30-29+/t37-,38+,39-,40-,42-,43+,47-,48+,49+/m0/s1. The van der Waals surface area contributed by atoms with Gasteiger partial charge in [-0.2, -0.15) is 9.29 Å². The van der Waals surface area contributed by atoms with E-state index in [9.17, 15) is 58.5 Å². The Labute approximate surface area is 428 Å². The first-order chi connectivity index (χ1) is 34.9. The molecule has 23 heteroatoms. The first-order valence-electron chi connectivity index (χ1n) is 25.4. The number of Topliss-reactive ketones (excluding diaryl/α,β-unsaturated/α-hetero) is 1. The Morgan fingerprint density at radius 1 is 0.890 bits per heavy atom. The van der Waals surface area contributed by atoms with Crippen LogP contribution in [0.3, 0.4) is 0 Å². The van der Waals surface area contributed by atoms with Crippen LogP contribution in [-0.4, -0.2) is 114 Å². The van der Waals surface area contributed by atoms with Gasteiger partial charge < -0.3 is 50.2 Å². The Hall–Kier alpha value is -3.95. The van der Waals surface area contributed by atoms with Crippen molar-refractivity contribution in [2.75, 3.05) is 25.6 Å². The highest BCUT2D eigenvalue weighted by molar-refractivity contribution is 7.61. The molecule has 3 rings (SSSR count). The minimum Gasteiger partial charge on any atom is -0.462 e. The molecule has 2 aliphatic rings. The van der Waals surface area contributed by atoms with Crippen molar-refractivity contribution in [3.63, 3.8) is 0 Å². The number of nitrogens with two attached hydrogens (primary N) is 1. The van der Waals surface area contributed by atoms with E-state index in [1.54, 1.807) is 12.2 Å². The summed E-state index contributed by atoms with van der Waals surface area (Å²) >= 11 is 0. The molecule has 0 spiro atoms. The van der Waals surface area contributed by atoms with Crippen LogP contribution in [0.2, 0.25) is 0 Å². The fraction of sp³-hybridized carbons (Fsp3) is 0.660. The number of allylic oxidation sites excluding steroid dienone is 8. The molecule has 0 amide bonds. The molecule has 1 aromatic rings. The molecule has 0 aromatic carbocycles. The van der Waals surface area contributed by atoms with Crippen molar-refractivity contribution in [3.05, 3.63) is 83.5 Å². The van der Waals surface area contributed by atoms with Crippen LogP contribution in [0.15, 0.2) is 77.8 Å². The summed E-state index contributed by atoms with van der Waals surface area (Å²) in [5, 5.41) is 45.7. The first-order valence-corrected chi connectivity index (χ1v) is 28.4. The number of hydrogen-bond acceptors (Lipinski definition) is 18. The summed E-state index contributed by atoms with van der Waals surface area (Å²) in [7, 11) is -11.3. The number of esters is 2. The van der Waals surface area contributed by atoms with E-state index in [-0.39, 0.29) is 37.9 Å². The predicted octanol–water partition coefficient (Wildman–Crippen LogP) is 6.92. The van der Waals surface area contributed by atoms with Gasteiger partial charge >= 0.3 is 33.3 Å². The molecular formula is C50H79N3O18P2. The van der Waals surface area contributed by atoms with Gasteiger partial charge in [-0.15, -0.1) is 0 Å². The number of nitrogen functional groups attached to an aromatic ring is 1. The fourth-order valence-corrected chi connectivity index (χ4v) is 10.0. The van der Waals surface area contributed by atoms with Crippen LogP contribution in [0.25, 0.3) is 0 Å². The number of nitrogens with zero attached hydrogens (tertiary/aromatic N) is 2. The number of phosphoric ester groups is 2.